The number of nitrogens with one attached hydrogen (secondary N) is 1. The van der Waals surface area contributed by atoms with Gasteiger partial charge in [-0.3, -0.25) is 4.90 Å². The van der Waals surface area contributed by atoms with E-state index >= 15 is 0 Å². The second-order valence-corrected chi connectivity index (χ2v) is 6.41. The Labute approximate surface area is 107 Å². The average Bonchev–Trinajstić information content (AvgIpc) is 2.64. The monoisotopic (exact) mass is 238 g/mol. The highest BCUT2D eigenvalue weighted by molar-refractivity contribution is 4.86. The van der Waals surface area contributed by atoms with E-state index in [0.29, 0.717) is 0 Å². The van der Waals surface area contributed by atoms with E-state index in [2.05, 4.69) is 24.1 Å². The van der Waals surface area contributed by atoms with Crippen molar-refractivity contribution in [2.45, 2.75) is 77.3 Å². The molecule has 1 saturated carbocycles. The number of hydrogen-bond donors (Lipinski definition) is 1. The van der Waals surface area contributed by atoms with Crippen LogP contribution in [0.25, 0.3) is 0 Å². The zero-order valence-corrected chi connectivity index (χ0v) is 11.8. The van der Waals surface area contributed by atoms with Crippen LogP contribution < -0.4 is 5.32 Å². The Kier molecular flexibility index (Phi) is 5.30. The minimum absolute atomic E-state index is 0.805. The molecule has 0 aromatic rings. The molecule has 1 atom stereocenters. The molecule has 1 unspecified atom stereocenters. The lowest BCUT2D eigenvalue weighted by Crippen LogP contribution is -2.41. The van der Waals surface area contributed by atoms with E-state index in [1.165, 1.54) is 57.9 Å². The molecule has 0 radical (unpaired) electrons. The van der Waals surface area contributed by atoms with E-state index in [4.69, 9.17) is 0 Å². The van der Waals surface area contributed by atoms with Crippen LogP contribution >= 0.6 is 0 Å². The summed E-state index contributed by atoms with van der Waals surface area (Å²) in [6.07, 6.45) is 11.6. The van der Waals surface area contributed by atoms with Crippen LogP contribution in [0.5, 0.6) is 0 Å². The Hall–Kier alpha value is -0.0800. The molecule has 0 aromatic carbocycles. The van der Waals surface area contributed by atoms with Gasteiger partial charge in [-0.25, -0.2) is 0 Å². The van der Waals surface area contributed by atoms with Crippen LogP contribution in [0.4, 0.5) is 0 Å². The van der Waals surface area contributed by atoms with Gasteiger partial charge >= 0.3 is 0 Å². The van der Waals surface area contributed by atoms with Crippen molar-refractivity contribution in [1.29, 1.82) is 0 Å². The van der Waals surface area contributed by atoms with Crippen LogP contribution in [0, 0.1) is 5.92 Å². The van der Waals surface area contributed by atoms with E-state index < -0.39 is 0 Å². The molecule has 0 bridgehead atoms. The van der Waals surface area contributed by atoms with Crippen LogP contribution in [0.1, 0.15) is 65.2 Å². The molecule has 0 amide bonds. The first-order valence-corrected chi connectivity index (χ1v) is 7.74. The van der Waals surface area contributed by atoms with Crippen molar-refractivity contribution in [3.8, 4) is 0 Å². The Bertz CT molecular complexity index is 207. The van der Waals surface area contributed by atoms with Crippen molar-refractivity contribution in [2.24, 2.45) is 5.92 Å². The maximum absolute atomic E-state index is 3.59. The lowest BCUT2D eigenvalue weighted by molar-refractivity contribution is 0.139. The van der Waals surface area contributed by atoms with Gasteiger partial charge in [-0.2, -0.15) is 0 Å². The molecule has 2 nitrogen and oxygen atoms in total. The van der Waals surface area contributed by atoms with Gasteiger partial charge in [0.2, 0.25) is 0 Å². The number of hydrogen-bond acceptors (Lipinski definition) is 2. The average molecular weight is 238 g/mol. The van der Waals surface area contributed by atoms with Gasteiger partial charge < -0.3 is 5.32 Å². The molecule has 2 rings (SSSR count). The molecular formula is C15H30N2. The molecule has 1 aliphatic carbocycles. The lowest BCUT2D eigenvalue weighted by atomic mass is 9.94. The highest BCUT2D eigenvalue weighted by Crippen LogP contribution is 2.26. The summed E-state index contributed by atoms with van der Waals surface area (Å²) in [7, 11) is 0. The highest BCUT2D eigenvalue weighted by Gasteiger charge is 2.30. The first-order chi connectivity index (χ1) is 8.27. The minimum atomic E-state index is 0.805. The summed E-state index contributed by atoms with van der Waals surface area (Å²) >= 11 is 0. The van der Waals surface area contributed by atoms with E-state index in [-0.39, 0.29) is 0 Å². The zero-order chi connectivity index (χ0) is 12.1. The highest BCUT2D eigenvalue weighted by atomic mass is 15.3. The van der Waals surface area contributed by atoms with Crippen molar-refractivity contribution < 1.29 is 0 Å². The third-order valence-electron chi connectivity index (χ3n) is 4.43. The fourth-order valence-corrected chi connectivity index (χ4v) is 3.56. The summed E-state index contributed by atoms with van der Waals surface area (Å²) in [5.41, 5.74) is 0. The Balaban J connectivity index is 1.88. The van der Waals surface area contributed by atoms with Crippen LogP contribution in [0.3, 0.4) is 0 Å². The fourth-order valence-electron chi connectivity index (χ4n) is 3.56. The van der Waals surface area contributed by atoms with Crippen molar-refractivity contribution in [3.63, 3.8) is 0 Å². The zero-order valence-electron chi connectivity index (χ0n) is 11.8. The lowest BCUT2D eigenvalue weighted by Gasteiger charge is -2.34. The van der Waals surface area contributed by atoms with Gasteiger partial charge in [-0.15, -0.1) is 0 Å². The van der Waals surface area contributed by atoms with Crippen molar-refractivity contribution in [2.75, 3.05) is 13.2 Å². The molecule has 100 valence electrons. The third kappa shape index (κ3) is 3.96. The van der Waals surface area contributed by atoms with E-state index in [1.54, 1.807) is 0 Å². The molecule has 1 saturated heterocycles. The van der Waals surface area contributed by atoms with Gasteiger partial charge in [0.25, 0.3) is 0 Å². The predicted octanol–water partition coefficient (Wildman–Crippen LogP) is 3.38. The van der Waals surface area contributed by atoms with Crippen LogP contribution in [0.15, 0.2) is 0 Å². The molecule has 17 heavy (non-hydrogen) atoms. The topological polar surface area (TPSA) is 15.3 Å². The first-order valence-electron chi connectivity index (χ1n) is 7.74. The molecule has 2 fully saturated rings. The molecule has 0 spiro atoms. The molecule has 1 aliphatic heterocycles. The van der Waals surface area contributed by atoms with Gasteiger partial charge in [0.05, 0.1) is 0 Å². The normalized spacial score (nSPS) is 29.5. The summed E-state index contributed by atoms with van der Waals surface area (Å²) < 4.78 is 0. The second kappa shape index (κ2) is 6.75. The largest absolute Gasteiger partial charge is 0.303 e. The summed E-state index contributed by atoms with van der Waals surface area (Å²) in [4.78, 5) is 2.78. The summed E-state index contributed by atoms with van der Waals surface area (Å²) in [6, 6.07) is 1.67. The minimum Gasteiger partial charge on any atom is -0.303 e. The van der Waals surface area contributed by atoms with Crippen LogP contribution in [-0.2, 0) is 0 Å². The third-order valence-corrected chi connectivity index (χ3v) is 4.43. The predicted molar refractivity (Wildman–Crippen MR) is 74.1 cm³/mol. The van der Waals surface area contributed by atoms with Gasteiger partial charge in [0, 0.05) is 25.3 Å². The molecular weight excluding hydrogens is 208 g/mol. The molecule has 2 heteroatoms. The molecule has 1 heterocycles. The van der Waals surface area contributed by atoms with Crippen molar-refractivity contribution >= 4 is 0 Å². The SMILES string of the molecule is CC(C)CC1CNCN1C1CCCCCCC1. The standard InChI is InChI=1S/C15H30N2/c1-13(2)10-15-11-16-12-17(15)14-8-6-4-3-5-7-9-14/h13-16H,3-12H2,1-2H3. The number of nitrogens with zero attached hydrogens (tertiary/aromatic N) is 1. The first kappa shape index (κ1) is 13.4. The fraction of sp³-hybridized carbons (Fsp3) is 1.00. The van der Waals surface area contributed by atoms with Gasteiger partial charge in [0.1, 0.15) is 0 Å². The maximum Gasteiger partial charge on any atom is 0.0487 e. The summed E-state index contributed by atoms with van der Waals surface area (Å²) in [5.74, 6) is 0.830. The molecule has 2 aliphatic rings. The Morgan fingerprint density at radius 3 is 2.35 bits per heavy atom. The van der Waals surface area contributed by atoms with Gasteiger partial charge in [-0.05, 0) is 25.2 Å². The number of rotatable bonds is 3. The summed E-state index contributed by atoms with van der Waals surface area (Å²) in [6.45, 7) is 7.07. The molecule has 1 N–H and O–H groups in total. The van der Waals surface area contributed by atoms with Crippen LogP contribution in [0.2, 0.25) is 0 Å². The van der Waals surface area contributed by atoms with E-state index in [1.807, 2.05) is 0 Å². The quantitative estimate of drug-likeness (QED) is 0.811. The van der Waals surface area contributed by atoms with Crippen molar-refractivity contribution in [1.82, 2.24) is 10.2 Å². The Morgan fingerprint density at radius 1 is 1.06 bits per heavy atom. The summed E-state index contributed by atoms with van der Waals surface area (Å²) in [5, 5.41) is 3.59. The smallest absolute Gasteiger partial charge is 0.0487 e. The maximum atomic E-state index is 3.59. The van der Waals surface area contributed by atoms with E-state index in [0.717, 1.165) is 24.7 Å². The van der Waals surface area contributed by atoms with Crippen molar-refractivity contribution in [3.05, 3.63) is 0 Å². The van der Waals surface area contributed by atoms with Gasteiger partial charge in [0.15, 0.2) is 0 Å². The molecule has 0 aromatic heterocycles. The van der Waals surface area contributed by atoms with Gasteiger partial charge in [-0.1, -0.05) is 46.0 Å². The van der Waals surface area contributed by atoms with Crippen LogP contribution in [-0.4, -0.2) is 30.2 Å². The van der Waals surface area contributed by atoms with E-state index in [9.17, 15) is 0 Å². The second-order valence-electron chi connectivity index (χ2n) is 6.41. The Morgan fingerprint density at radius 2 is 1.71 bits per heavy atom.